The van der Waals surface area contributed by atoms with E-state index in [1.54, 1.807) is 0 Å². The van der Waals surface area contributed by atoms with Crippen LogP contribution >= 0.6 is 10.0 Å². The molecule has 1 aliphatic carbocycles. The van der Waals surface area contributed by atoms with Crippen LogP contribution in [0, 0.1) is 5.92 Å². The molecule has 0 unspecified atom stereocenters. The standard InChI is InChI=1S/C15H29NO3S/c1-20(2,3)14-6-4-13(5-7-14)19-16-10-8-12(9-11-16)15(17)18/h12-14H,4-11H2,1-3H3,(H,17,18). The van der Waals surface area contributed by atoms with E-state index in [1.165, 1.54) is 12.8 Å². The molecule has 1 aliphatic heterocycles. The minimum Gasteiger partial charge on any atom is -0.481 e. The number of hydrogen-bond donors (Lipinski definition) is 1. The summed E-state index contributed by atoms with van der Waals surface area (Å²) in [5.74, 6) is -0.826. The predicted octanol–water partition coefficient (Wildman–Crippen LogP) is 2.72. The first-order chi connectivity index (χ1) is 9.36. The van der Waals surface area contributed by atoms with Gasteiger partial charge in [-0.3, -0.25) is 9.63 Å². The Balaban J connectivity index is 1.70. The van der Waals surface area contributed by atoms with Gasteiger partial charge in [-0.15, -0.1) is 0 Å². The molecule has 0 bridgehead atoms. The van der Waals surface area contributed by atoms with E-state index in [-0.39, 0.29) is 5.92 Å². The summed E-state index contributed by atoms with van der Waals surface area (Å²) < 4.78 is 0. The number of piperidine rings is 1. The van der Waals surface area contributed by atoms with Crippen molar-refractivity contribution in [2.45, 2.75) is 49.9 Å². The van der Waals surface area contributed by atoms with Crippen molar-refractivity contribution < 1.29 is 14.7 Å². The number of aliphatic carboxylic acids is 1. The smallest absolute Gasteiger partial charge is 0.306 e. The summed E-state index contributed by atoms with van der Waals surface area (Å²) in [5, 5.41) is 11.9. The van der Waals surface area contributed by atoms with Gasteiger partial charge >= 0.3 is 5.97 Å². The lowest BCUT2D eigenvalue weighted by atomic mass is 9.97. The van der Waals surface area contributed by atoms with E-state index in [0.29, 0.717) is 6.10 Å². The largest absolute Gasteiger partial charge is 0.481 e. The topological polar surface area (TPSA) is 49.8 Å². The van der Waals surface area contributed by atoms with Gasteiger partial charge in [0, 0.05) is 13.1 Å². The van der Waals surface area contributed by atoms with Gasteiger partial charge in [-0.1, -0.05) is 0 Å². The molecule has 2 aliphatic rings. The summed E-state index contributed by atoms with van der Waals surface area (Å²) in [6, 6.07) is 0. The lowest BCUT2D eigenvalue weighted by molar-refractivity contribution is -0.217. The minimum atomic E-state index is -0.654. The van der Waals surface area contributed by atoms with E-state index in [2.05, 4.69) is 18.8 Å². The van der Waals surface area contributed by atoms with Crippen LogP contribution in [0.5, 0.6) is 0 Å². The van der Waals surface area contributed by atoms with Crippen LogP contribution in [0.3, 0.4) is 0 Å². The fraction of sp³-hybridized carbons (Fsp3) is 0.933. The number of carbonyl (C=O) groups is 1. The normalized spacial score (nSPS) is 31.1. The Kier molecular flexibility index (Phi) is 5.37. The van der Waals surface area contributed by atoms with Gasteiger partial charge < -0.3 is 5.11 Å². The van der Waals surface area contributed by atoms with Crippen molar-refractivity contribution in [3.8, 4) is 0 Å². The fourth-order valence-corrected chi connectivity index (χ4v) is 4.95. The lowest BCUT2D eigenvalue weighted by Gasteiger charge is -2.42. The molecule has 20 heavy (non-hydrogen) atoms. The van der Waals surface area contributed by atoms with Crippen molar-refractivity contribution in [3.05, 3.63) is 0 Å². The molecule has 0 radical (unpaired) electrons. The van der Waals surface area contributed by atoms with Crippen molar-refractivity contribution in [3.63, 3.8) is 0 Å². The summed E-state index contributed by atoms with van der Waals surface area (Å²) in [7, 11) is -0.434. The monoisotopic (exact) mass is 303 g/mol. The number of nitrogens with zero attached hydrogens (tertiary/aromatic N) is 1. The maximum atomic E-state index is 10.9. The van der Waals surface area contributed by atoms with Gasteiger partial charge in [-0.05, 0) is 62.5 Å². The third-order valence-electron chi connectivity index (χ3n) is 4.72. The Morgan fingerprint density at radius 2 is 1.60 bits per heavy atom. The SMILES string of the molecule is CS(C)(C)C1CCC(ON2CCC(C(=O)O)CC2)CC1. The van der Waals surface area contributed by atoms with Crippen LogP contribution in [0.2, 0.25) is 0 Å². The third kappa shape index (κ3) is 4.37. The van der Waals surface area contributed by atoms with Crippen LogP contribution in [0.4, 0.5) is 0 Å². The number of hydroxylamine groups is 2. The number of hydrogen-bond acceptors (Lipinski definition) is 3. The van der Waals surface area contributed by atoms with Crippen LogP contribution in [0.25, 0.3) is 0 Å². The van der Waals surface area contributed by atoms with Crippen molar-refractivity contribution in [1.82, 2.24) is 5.06 Å². The van der Waals surface area contributed by atoms with Crippen molar-refractivity contribution >= 4 is 16.0 Å². The molecule has 2 rings (SSSR count). The molecule has 4 nitrogen and oxygen atoms in total. The molecule has 2 fully saturated rings. The maximum absolute atomic E-state index is 10.9. The third-order valence-corrected chi connectivity index (χ3v) is 7.19. The van der Waals surface area contributed by atoms with Gasteiger partial charge in [0.25, 0.3) is 0 Å². The summed E-state index contributed by atoms with van der Waals surface area (Å²) in [4.78, 5) is 17.0. The second kappa shape index (κ2) is 6.67. The average Bonchev–Trinajstić information content (AvgIpc) is 2.39. The molecule has 0 aromatic carbocycles. The molecule has 1 saturated heterocycles. The average molecular weight is 303 g/mol. The first-order valence-electron chi connectivity index (χ1n) is 7.68. The highest BCUT2D eigenvalue weighted by molar-refractivity contribution is 8.32. The van der Waals surface area contributed by atoms with Gasteiger partial charge in [0.1, 0.15) is 0 Å². The highest BCUT2D eigenvalue weighted by Gasteiger charge is 2.30. The summed E-state index contributed by atoms with van der Waals surface area (Å²) in [6.07, 6.45) is 13.9. The quantitative estimate of drug-likeness (QED) is 0.867. The van der Waals surface area contributed by atoms with Gasteiger partial charge in [0.05, 0.1) is 12.0 Å². The van der Waals surface area contributed by atoms with Crippen molar-refractivity contribution in [2.24, 2.45) is 5.92 Å². The molecular weight excluding hydrogens is 274 g/mol. The Bertz CT molecular complexity index is 327. The van der Waals surface area contributed by atoms with E-state index >= 15 is 0 Å². The first kappa shape index (κ1) is 16.1. The van der Waals surface area contributed by atoms with Gasteiger partial charge in [0.15, 0.2) is 0 Å². The van der Waals surface area contributed by atoms with Crippen LogP contribution in [0.15, 0.2) is 0 Å². The molecule has 1 heterocycles. The minimum absolute atomic E-state index is 0.171. The number of rotatable bonds is 4. The molecule has 1 N–H and O–H groups in total. The summed E-state index contributed by atoms with van der Waals surface area (Å²) in [5.41, 5.74) is 0. The highest BCUT2D eigenvalue weighted by Crippen LogP contribution is 2.48. The second-order valence-electron chi connectivity index (χ2n) is 6.98. The Labute approximate surface area is 124 Å². The van der Waals surface area contributed by atoms with E-state index in [4.69, 9.17) is 9.94 Å². The van der Waals surface area contributed by atoms with Crippen LogP contribution in [-0.2, 0) is 9.63 Å². The molecule has 1 saturated carbocycles. The molecule has 0 aromatic rings. The molecule has 5 heteroatoms. The number of carboxylic acid groups (broad SMARTS) is 1. The van der Waals surface area contributed by atoms with Gasteiger partial charge in [0.2, 0.25) is 0 Å². The fourth-order valence-electron chi connectivity index (χ4n) is 3.26. The van der Waals surface area contributed by atoms with Gasteiger partial charge in [-0.25, -0.2) is 10.0 Å². The first-order valence-corrected chi connectivity index (χ1v) is 10.6. The van der Waals surface area contributed by atoms with E-state index in [1.807, 2.05) is 5.06 Å². The molecule has 0 aromatic heterocycles. The molecule has 118 valence electrons. The Hall–Kier alpha value is -0.260. The Morgan fingerprint density at radius 3 is 2.05 bits per heavy atom. The highest BCUT2D eigenvalue weighted by atomic mass is 32.3. The second-order valence-corrected chi connectivity index (χ2v) is 11.5. The number of carboxylic acids is 1. The van der Waals surface area contributed by atoms with Gasteiger partial charge in [-0.2, -0.15) is 5.06 Å². The summed E-state index contributed by atoms with van der Waals surface area (Å²) in [6.45, 7) is 1.53. The summed E-state index contributed by atoms with van der Waals surface area (Å²) >= 11 is 0. The zero-order chi connectivity index (χ0) is 14.8. The van der Waals surface area contributed by atoms with E-state index in [9.17, 15) is 4.79 Å². The molecule has 0 atom stereocenters. The van der Waals surface area contributed by atoms with Crippen molar-refractivity contribution in [2.75, 3.05) is 31.9 Å². The van der Waals surface area contributed by atoms with Crippen LogP contribution < -0.4 is 0 Å². The zero-order valence-corrected chi connectivity index (χ0v) is 13.8. The van der Waals surface area contributed by atoms with E-state index < -0.39 is 16.0 Å². The maximum Gasteiger partial charge on any atom is 0.306 e. The lowest BCUT2D eigenvalue weighted by Crippen LogP contribution is -2.40. The Morgan fingerprint density at radius 1 is 1.05 bits per heavy atom. The van der Waals surface area contributed by atoms with E-state index in [0.717, 1.165) is 44.0 Å². The zero-order valence-electron chi connectivity index (χ0n) is 13.0. The van der Waals surface area contributed by atoms with Crippen LogP contribution in [-0.4, -0.2) is 59.3 Å². The molecule has 0 spiro atoms. The van der Waals surface area contributed by atoms with Crippen molar-refractivity contribution in [1.29, 1.82) is 0 Å². The van der Waals surface area contributed by atoms with Crippen LogP contribution in [0.1, 0.15) is 38.5 Å². The molecule has 0 amide bonds. The predicted molar refractivity (Wildman–Crippen MR) is 84.4 cm³/mol. The molecular formula is C15H29NO3S.